The minimum Gasteiger partial charge on any atom is -0.349 e. The quantitative estimate of drug-likeness (QED) is 0.927. The van der Waals surface area contributed by atoms with Crippen molar-refractivity contribution in [3.63, 3.8) is 0 Å². The first-order chi connectivity index (χ1) is 10.3. The lowest BCUT2D eigenvalue weighted by molar-refractivity contribution is -0.175. The number of nitrogens with one attached hydrogen (secondary N) is 1. The van der Waals surface area contributed by atoms with Crippen LogP contribution in [0.25, 0.3) is 0 Å². The molecular weight excluding hydrogens is 268 g/mol. The summed E-state index contributed by atoms with van der Waals surface area (Å²) in [5.41, 5.74) is 0.619. The maximum absolute atomic E-state index is 12.0. The van der Waals surface area contributed by atoms with Gasteiger partial charge in [0.2, 0.25) is 0 Å². The van der Waals surface area contributed by atoms with Crippen molar-refractivity contribution in [2.75, 3.05) is 13.2 Å². The van der Waals surface area contributed by atoms with Crippen molar-refractivity contribution in [2.45, 2.75) is 50.4 Å². The molecule has 2 fully saturated rings. The molecule has 0 radical (unpaired) electrons. The second-order valence-corrected chi connectivity index (χ2v) is 5.82. The second-order valence-electron chi connectivity index (χ2n) is 5.82. The van der Waals surface area contributed by atoms with Crippen LogP contribution >= 0.6 is 0 Å². The Balaban J connectivity index is 1.50. The zero-order chi connectivity index (χ0) is 14.5. The Morgan fingerprint density at radius 1 is 1.24 bits per heavy atom. The van der Waals surface area contributed by atoms with Crippen LogP contribution in [0.2, 0.25) is 0 Å². The van der Waals surface area contributed by atoms with Crippen molar-refractivity contribution in [3.8, 4) is 0 Å². The van der Waals surface area contributed by atoms with Crippen LogP contribution in [0.3, 0.4) is 0 Å². The minimum absolute atomic E-state index is 0.0473. The van der Waals surface area contributed by atoms with Gasteiger partial charge in [-0.1, -0.05) is 12.8 Å². The van der Waals surface area contributed by atoms with Crippen LogP contribution < -0.4 is 5.32 Å². The number of aromatic nitrogens is 1. The van der Waals surface area contributed by atoms with E-state index in [4.69, 9.17) is 9.47 Å². The second kappa shape index (κ2) is 6.54. The van der Waals surface area contributed by atoms with E-state index < -0.39 is 0 Å². The molecule has 21 heavy (non-hydrogen) atoms. The van der Waals surface area contributed by atoms with Crippen molar-refractivity contribution in [2.24, 2.45) is 0 Å². The largest absolute Gasteiger partial charge is 0.349 e. The van der Waals surface area contributed by atoms with E-state index in [1.165, 1.54) is 12.8 Å². The Morgan fingerprint density at radius 2 is 1.95 bits per heavy atom. The van der Waals surface area contributed by atoms with E-state index in [0.29, 0.717) is 18.7 Å². The van der Waals surface area contributed by atoms with Gasteiger partial charge in [-0.3, -0.25) is 9.78 Å². The van der Waals surface area contributed by atoms with E-state index in [0.717, 1.165) is 25.7 Å². The number of carbonyl (C=O) groups excluding carboxylic acids is 1. The number of nitrogens with zero attached hydrogens (tertiary/aromatic N) is 1. The SMILES string of the molecule is O=C(NC[C@@H]1COC2(CCCCCC2)O1)c1ccncc1. The third-order valence-electron chi connectivity index (χ3n) is 4.21. The molecule has 2 heterocycles. The summed E-state index contributed by atoms with van der Waals surface area (Å²) in [6.45, 7) is 1.06. The van der Waals surface area contributed by atoms with E-state index in [9.17, 15) is 4.79 Å². The highest BCUT2D eigenvalue weighted by Gasteiger charge is 2.41. The highest BCUT2D eigenvalue weighted by molar-refractivity contribution is 5.93. The molecule has 1 spiro atoms. The smallest absolute Gasteiger partial charge is 0.251 e. The van der Waals surface area contributed by atoms with Crippen molar-refractivity contribution in [1.82, 2.24) is 10.3 Å². The predicted octanol–water partition coefficient (Wildman–Crippen LogP) is 2.28. The summed E-state index contributed by atoms with van der Waals surface area (Å²) in [7, 11) is 0. The third kappa shape index (κ3) is 3.60. The predicted molar refractivity (Wildman–Crippen MR) is 77.8 cm³/mol. The molecule has 1 aliphatic heterocycles. The highest BCUT2D eigenvalue weighted by atomic mass is 16.7. The summed E-state index contributed by atoms with van der Waals surface area (Å²) in [5, 5.41) is 2.91. The Kier molecular flexibility index (Phi) is 4.51. The molecule has 0 aromatic carbocycles. The van der Waals surface area contributed by atoms with Crippen molar-refractivity contribution in [1.29, 1.82) is 0 Å². The molecule has 5 nitrogen and oxygen atoms in total. The summed E-state index contributed by atoms with van der Waals surface area (Å²) in [6.07, 6.45) is 9.98. The molecule has 1 N–H and O–H groups in total. The molecule has 2 aliphatic rings. The number of carbonyl (C=O) groups is 1. The molecule has 1 saturated heterocycles. The van der Waals surface area contributed by atoms with Crippen LogP contribution in [0.15, 0.2) is 24.5 Å². The number of hydrogen-bond acceptors (Lipinski definition) is 4. The van der Waals surface area contributed by atoms with E-state index in [1.54, 1.807) is 24.5 Å². The summed E-state index contributed by atoms with van der Waals surface area (Å²) in [6, 6.07) is 3.41. The van der Waals surface area contributed by atoms with Crippen molar-refractivity contribution in [3.05, 3.63) is 30.1 Å². The average molecular weight is 290 g/mol. The lowest BCUT2D eigenvalue weighted by atomic mass is 10.1. The van der Waals surface area contributed by atoms with Crippen LogP contribution in [-0.2, 0) is 9.47 Å². The monoisotopic (exact) mass is 290 g/mol. The summed E-state index contributed by atoms with van der Waals surface area (Å²) < 4.78 is 12.0. The zero-order valence-corrected chi connectivity index (χ0v) is 12.2. The Hall–Kier alpha value is -1.46. The number of hydrogen-bond donors (Lipinski definition) is 1. The fourth-order valence-corrected chi connectivity index (χ4v) is 3.06. The van der Waals surface area contributed by atoms with Gasteiger partial charge < -0.3 is 14.8 Å². The van der Waals surface area contributed by atoms with Crippen LogP contribution in [0.1, 0.15) is 48.9 Å². The van der Waals surface area contributed by atoms with Gasteiger partial charge in [-0.15, -0.1) is 0 Å². The van der Waals surface area contributed by atoms with Crippen molar-refractivity contribution >= 4 is 5.91 Å². The number of ether oxygens (including phenoxy) is 2. The normalized spacial score (nSPS) is 24.7. The lowest BCUT2D eigenvalue weighted by Gasteiger charge is -2.26. The molecule has 0 bridgehead atoms. The van der Waals surface area contributed by atoms with Gasteiger partial charge in [-0.25, -0.2) is 0 Å². The number of pyridine rings is 1. The fraction of sp³-hybridized carbons (Fsp3) is 0.625. The molecule has 5 heteroatoms. The van der Waals surface area contributed by atoms with Gasteiger partial charge in [0.25, 0.3) is 5.91 Å². The molecule has 114 valence electrons. The Bertz CT molecular complexity index is 470. The van der Waals surface area contributed by atoms with Gasteiger partial charge in [0.05, 0.1) is 6.61 Å². The van der Waals surface area contributed by atoms with Gasteiger partial charge >= 0.3 is 0 Å². The number of amides is 1. The molecule has 3 rings (SSSR count). The topological polar surface area (TPSA) is 60.5 Å². The summed E-state index contributed by atoms with van der Waals surface area (Å²) in [4.78, 5) is 15.9. The van der Waals surface area contributed by atoms with Gasteiger partial charge in [0, 0.05) is 37.3 Å². The molecule has 1 saturated carbocycles. The Labute approximate surface area is 125 Å². The molecule has 0 unspecified atom stereocenters. The molecule has 1 aromatic rings. The standard InChI is InChI=1S/C16H22N2O3/c19-15(13-5-9-17-10-6-13)18-11-14-12-20-16(21-14)7-3-1-2-4-8-16/h5-6,9-10,14H,1-4,7-8,11-12H2,(H,18,19)/t14-/m1/s1. The van der Waals surface area contributed by atoms with Gasteiger partial charge in [-0.2, -0.15) is 0 Å². The van der Waals surface area contributed by atoms with E-state index in [-0.39, 0.29) is 17.8 Å². The van der Waals surface area contributed by atoms with E-state index >= 15 is 0 Å². The van der Waals surface area contributed by atoms with Crippen LogP contribution in [0.5, 0.6) is 0 Å². The van der Waals surface area contributed by atoms with Gasteiger partial charge in [0.15, 0.2) is 5.79 Å². The lowest BCUT2D eigenvalue weighted by Crippen LogP contribution is -2.36. The maximum atomic E-state index is 12.0. The van der Waals surface area contributed by atoms with E-state index in [1.807, 2.05) is 0 Å². The molecular formula is C16H22N2O3. The Morgan fingerprint density at radius 3 is 2.67 bits per heavy atom. The first-order valence-corrected chi connectivity index (χ1v) is 7.77. The summed E-state index contributed by atoms with van der Waals surface area (Å²) >= 11 is 0. The van der Waals surface area contributed by atoms with Crippen molar-refractivity contribution < 1.29 is 14.3 Å². The van der Waals surface area contributed by atoms with Gasteiger partial charge in [0.1, 0.15) is 6.10 Å². The summed E-state index contributed by atoms with van der Waals surface area (Å²) in [5.74, 6) is -0.481. The molecule has 1 aromatic heterocycles. The molecule has 1 aliphatic carbocycles. The van der Waals surface area contributed by atoms with Crippen LogP contribution in [-0.4, -0.2) is 35.9 Å². The first kappa shape index (κ1) is 14.5. The third-order valence-corrected chi connectivity index (χ3v) is 4.21. The van der Waals surface area contributed by atoms with Crippen LogP contribution in [0, 0.1) is 0 Å². The zero-order valence-electron chi connectivity index (χ0n) is 12.2. The first-order valence-electron chi connectivity index (χ1n) is 7.77. The molecule has 1 amide bonds. The fourth-order valence-electron chi connectivity index (χ4n) is 3.06. The number of rotatable bonds is 3. The maximum Gasteiger partial charge on any atom is 0.251 e. The highest BCUT2D eigenvalue weighted by Crippen LogP contribution is 2.36. The van der Waals surface area contributed by atoms with Crippen LogP contribution in [0.4, 0.5) is 0 Å². The van der Waals surface area contributed by atoms with E-state index in [2.05, 4.69) is 10.3 Å². The minimum atomic E-state index is -0.386. The average Bonchev–Trinajstić information content (AvgIpc) is 2.77. The molecule has 1 atom stereocenters. The van der Waals surface area contributed by atoms with Gasteiger partial charge in [-0.05, 0) is 25.0 Å².